The number of nitrogens with one attached hydrogen (secondary N) is 3. The van der Waals surface area contributed by atoms with Crippen LogP contribution in [0.2, 0.25) is 5.02 Å². The Hall–Kier alpha value is -3.15. The zero-order valence-corrected chi connectivity index (χ0v) is 15.8. The predicted molar refractivity (Wildman–Crippen MR) is 102 cm³/mol. The van der Waals surface area contributed by atoms with E-state index in [0.717, 1.165) is 6.07 Å². The molecule has 0 aliphatic heterocycles. The Morgan fingerprint density at radius 2 is 1.96 bits per heavy atom. The molecule has 0 heterocycles. The molecular formula is C19H18ClFN4O3. The number of hydrogen-bond donors (Lipinski definition) is 4. The molecule has 2 aromatic carbocycles. The van der Waals surface area contributed by atoms with Gasteiger partial charge in [-0.3, -0.25) is 20.4 Å². The lowest BCUT2D eigenvalue weighted by Gasteiger charge is -2.23. The number of halogens is 2. The molecule has 9 heteroatoms. The molecule has 2 atom stereocenters. The Labute approximate surface area is 166 Å². The van der Waals surface area contributed by atoms with Gasteiger partial charge in [-0.1, -0.05) is 17.7 Å². The van der Waals surface area contributed by atoms with E-state index in [1.165, 1.54) is 31.2 Å². The number of aliphatic hydroxyl groups is 1. The maximum absolute atomic E-state index is 13.2. The molecule has 2 rings (SSSR count). The first-order valence-corrected chi connectivity index (χ1v) is 8.62. The molecule has 7 nitrogen and oxygen atoms in total. The molecule has 1 unspecified atom stereocenters. The summed E-state index contributed by atoms with van der Waals surface area (Å²) in [6.45, 7) is 3.06. The Kier molecular flexibility index (Phi) is 6.93. The third kappa shape index (κ3) is 4.97. The molecule has 0 aliphatic carbocycles. The lowest BCUT2D eigenvalue weighted by atomic mass is 10.1. The number of benzene rings is 2. The van der Waals surface area contributed by atoms with Crippen LogP contribution >= 0.6 is 11.6 Å². The van der Waals surface area contributed by atoms with E-state index in [4.69, 9.17) is 16.9 Å². The lowest BCUT2D eigenvalue weighted by molar-refractivity contribution is -0.124. The van der Waals surface area contributed by atoms with E-state index in [-0.39, 0.29) is 16.1 Å². The van der Waals surface area contributed by atoms with Gasteiger partial charge in [0.25, 0.3) is 11.8 Å². The summed E-state index contributed by atoms with van der Waals surface area (Å²) >= 11 is 6.11. The van der Waals surface area contributed by atoms with Crippen LogP contribution in [0.1, 0.15) is 28.4 Å². The first-order chi connectivity index (χ1) is 13.2. The number of amides is 2. The van der Waals surface area contributed by atoms with Crippen molar-refractivity contribution in [1.29, 1.82) is 5.26 Å². The van der Waals surface area contributed by atoms with E-state index < -0.39 is 29.8 Å². The van der Waals surface area contributed by atoms with E-state index in [1.807, 2.05) is 6.07 Å². The Morgan fingerprint density at radius 1 is 1.25 bits per heavy atom. The van der Waals surface area contributed by atoms with Crippen molar-refractivity contribution in [3.05, 3.63) is 63.9 Å². The Bertz CT molecular complexity index is 943. The van der Waals surface area contributed by atoms with Gasteiger partial charge in [0.2, 0.25) is 0 Å². The standard InChI is InChI=1S/C19H18ClFN4O3/c1-10-15(7-6-13(9-22)16(10)20)23-17(11(2)26)19(28)25-24-18(27)12-4-3-5-14(21)8-12/h3-8,11,17,23,26H,1-2H3,(H,24,27)(H,25,28)/t11-,17?/m0/s1. The summed E-state index contributed by atoms with van der Waals surface area (Å²) in [5.74, 6) is -2.02. The number of carbonyl (C=O) groups excluding carboxylic acids is 2. The van der Waals surface area contributed by atoms with Crippen molar-refractivity contribution < 1.29 is 19.1 Å². The second-order valence-electron chi connectivity index (χ2n) is 6.03. The molecule has 2 aromatic rings. The number of anilines is 1. The van der Waals surface area contributed by atoms with Gasteiger partial charge in [0.15, 0.2) is 0 Å². The van der Waals surface area contributed by atoms with Crippen LogP contribution in [0.15, 0.2) is 36.4 Å². The van der Waals surface area contributed by atoms with Crippen molar-refractivity contribution in [2.45, 2.75) is 26.0 Å². The topological polar surface area (TPSA) is 114 Å². The first kappa shape index (κ1) is 21.2. The highest BCUT2D eigenvalue weighted by atomic mass is 35.5. The van der Waals surface area contributed by atoms with Gasteiger partial charge >= 0.3 is 0 Å². The second kappa shape index (κ2) is 9.17. The lowest BCUT2D eigenvalue weighted by Crippen LogP contribution is -2.52. The smallest absolute Gasteiger partial charge is 0.269 e. The maximum Gasteiger partial charge on any atom is 0.269 e. The predicted octanol–water partition coefficient (Wildman–Crippen LogP) is 2.28. The maximum atomic E-state index is 13.2. The summed E-state index contributed by atoms with van der Waals surface area (Å²) in [6.07, 6.45) is -1.13. The summed E-state index contributed by atoms with van der Waals surface area (Å²) in [7, 11) is 0. The third-order valence-corrected chi connectivity index (χ3v) is 4.46. The first-order valence-electron chi connectivity index (χ1n) is 8.24. The summed E-state index contributed by atoms with van der Waals surface area (Å²) < 4.78 is 13.2. The second-order valence-corrected chi connectivity index (χ2v) is 6.41. The summed E-state index contributed by atoms with van der Waals surface area (Å²) in [4.78, 5) is 24.4. The molecule has 146 valence electrons. The summed E-state index contributed by atoms with van der Waals surface area (Å²) in [5.41, 5.74) is 5.64. The van der Waals surface area contributed by atoms with Crippen molar-refractivity contribution in [2.75, 3.05) is 5.32 Å². The van der Waals surface area contributed by atoms with Crippen LogP contribution in [0.4, 0.5) is 10.1 Å². The largest absolute Gasteiger partial charge is 0.391 e. The van der Waals surface area contributed by atoms with E-state index >= 15 is 0 Å². The number of hydrazine groups is 1. The van der Waals surface area contributed by atoms with Gasteiger partial charge in [0.05, 0.1) is 16.7 Å². The van der Waals surface area contributed by atoms with Gasteiger partial charge in [-0.25, -0.2) is 4.39 Å². The average Bonchev–Trinajstić information content (AvgIpc) is 2.66. The normalized spacial score (nSPS) is 12.4. The van der Waals surface area contributed by atoms with Crippen LogP contribution < -0.4 is 16.2 Å². The monoisotopic (exact) mass is 404 g/mol. The fraction of sp³-hybridized carbons (Fsp3) is 0.211. The molecule has 0 spiro atoms. The molecule has 28 heavy (non-hydrogen) atoms. The summed E-state index contributed by atoms with van der Waals surface area (Å²) in [5, 5.41) is 22.0. The van der Waals surface area contributed by atoms with Gasteiger partial charge in [-0.05, 0) is 49.7 Å². The third-order valence-electron chi connectivity index (χ3n) is 3.97. The number of hydrogen-bond acceptors (Lipinski definition) is 5. The Morgan fingerprint density at radius 3 is 2.57 bits per heavy atom. The van der Waals surface area contributed by atoms with Crippen LogP contribution in [0, 0.1) is 24.1 Å². The molecule has 0 aromatic heterocycles. The number of nitriles is 1. The SMILES string of the molecule is Cc1c(NC(C(=O)NNC(=O)c2cccc(F)c2)[C@H](C)O)ccc(C#N)c1Cl. The molecule has 0 saturated heterocycles. The fourth-order valence-corrected chi connectivity index (χ4v) is 2.61. The van der Waals surface area contributed by atoms with Crippen molar-refractivity contribution in [3.63, 3.8) is 0 Å². The summed E-state index contributed by atoms with van der Waals surface area (Å²) in [6, 6.07) is 8.83. The van der Waals surface area contributed by atoms with Crippen LogP contribution in [-0.2, 0) is 4.79 Å². The van der Waals surface area contributed by atoms with Crippen molar-refractivity contribution in [1.82, 2.24) is 10.9 Å². The molecule has 0 saturated carbocycles. The zero-order chi connectivity index (χ0) is 20.8. The van der Waals surface area contributed by atoms with Crippen LogP contribution in [0.5, 0.6) is 0 Å². The van der Waals surface area contributed by atoms with Crippen molar-refractivity contribution in [2.24, 2.45) is 0 Å². The minimum atomic E-state index is -1.13. The Balaban J connectivity index is 2.09. The number of nitrogens with zero attached hydrogens (tertiary/aromatic N) is 1. The zero-order valence-electron chi connectivity index (χ0n) is 15.1. The molecule has 0 radical (unpaired) electrons. The number of rotatable bonds is 5. The number of aliphatic hydroxyl groups excluding tert-OH is 1. The van der Waals surface area contributed by atoms with Gasteiger partial charge in [0.1, 0.15) is 17.9 Å². The molecule has 4 N–H and O–H groups in total. The van der Waals surface area contributed by atoms with E-state index in [1.54, 1.807) is 13.0 Å². The molecular weight excluding hydrogens is 387 g/mol. The van der Waals surface area contributed by atoms with Gasteiger partial charge in [0, 0.05) is 11.3 Å². The molecule has 0 aliphatic rings. The minimum absolute atomic E-state index is 0.0246. The van der Waals surface area contributed by atoms with E-state index in [9.17, 15) is 19.1 Å². The average molecular weight is 405 g/mol. The highest BCUT2D eigenvalue weighted by molar-refractivity contribution is 6.32. The van der Waals surface area contributed by atoms with Crippen molar-refractivity contribution >= 4 is 29.1 Å². The van der Waals surface area contributed by atoms with E-state index in [0.29, 0.717) is 11.3 Å². The number of carbonyl (C=O) groups is 2. The van der Waals surface area contributed by atoms with Crippen LogP contribution in [0.25, 0.3) is 0 Å². The molecule has 0 fully saturated rings. The highest BCUT2D eigenvalue weighted by Gasteiger charge is 2.25. The van der Waals surface area contributed by atoms with Crippen LogP contribution in [-0.4, -0.2) is 29.1 Å². The van der Waals surface area contributed by atoms with E-state index in [2.05, 4.69) is 16.2 Å². The van der Waals surface area contributed by atoms with Crippen LogP contribution in [0.3, 0.4) is 0 Å². The quantitative estimate of drug-likeness (QED) is 0.571. The molecule has 0 bridgehead atoms. The van der Waals surface area contributed by atoms with Gasteiger partial charge in [-0.2, -0.15) is 5.26 Å². The van der Waals surface area contributed by atoms with Crippen molar-refractivity contribution in [3.8, 4) is 6.07 Å². The van der Waals surface area contributed by atoms with Gasteiger partial charge < -0.3 is 10.4 Å². The van der Waals surface area contributed by atoms with Gasteiger partial charge in [-0.15, -0.1) is 0 Å². The fourth-order valence-electron chi connectivity index (χ4n) is 2.40. The minimum Gasteiger partial charge on any atom is -0.391 e. The molecule has 2 amide bonds. The highest BCUT2D eigenvalue weighted by Crippen LogP contribution is 2.27.